The number of rotatable bonds is 3. The van der Waals surface area contributed by atoms with Crippen LogP contribution < -0.4 is 5.73 Å². The summed E-state index contributed by atoms with van der Waals surface area (Å²) in [6, 6.07) is 7.51. The summed E-state index contributed by atoms with van der Waals surface area (Å²) in [6.45, 7) is 0.581. The summed E-state index contributed by atoms with van der Waals surface area (Å²) in [6.07, 6.45) is -0.806. The lowest BCUT2D eigenvalue weighted by Gasteiger charge is -1.93. The summed E-state index contributed by atoms with van der Waals surface area (Å²) in [5.74, 6) is -2.62. The van der Waals surface area contributed by atoms with Crippen LogP contribution in [-0.2, 0) is 16.1 Å². The molecule has 0 atom stereocenters. The van der Waals surface area contributed by atoms with Gasteiger partial charge in [-0.2, -0.15) is 0 Å². The van der Waals surface area contributed by atoms with Crippen molar-refractivity contribution in [3.8, 4) is 0 Å². The number of aliphatic carboxylic acids is 2. The monoisotopic (exact) mass is 245 g/mol. The van der Waals surface area contributed by atoms with Crippen molar-refractivity contribution in [3.63, 3.8) is 0 Å². The SMILES string of the molecule is NCc1ccc(Cl)cc1.O=C(O)CC(=O)O. The summed E-state index contributed by atoms with van der Waals surface area (Å²) in [4.78, 5) is 18.9. The Bertz CT molecular complexity index is 338. The molecule has 1 aromatic rings. The second-order valence-electron chi connectivity index (χ2n) is 2.79. The van der Waals surface area contributed by atoms with Crippen molar-refractivity contribution in [2.75, 3.05) is 0 Å². The van der Waals surface area contributed by atoms with Gasteiger partial charge in [-0.3, -0.25) is 9.59 Å². The number of carboxylic acid groups (broad SMARTS) is 2. The van der Waals surface area contributed by atoms with Gasteiger partial charge >= 0.3 is 11.9 Å². The van der Waals surface area contributed by atoms with Crippen LogP contribution in [0.5, 0.6) is 0 Å². The van der Waals surface area contributed by atoms with Crippen LogP contribution in [0.15, 0.2) is 24.3 Å². The van der Waals surface area contributed by atoms with Crippen molar-refractivity contribution in [1.29, 1.82) is 0 Å². The molecular weight excluding hydrogens is 234 g/mol. The molecule has 0 amide bonds. The molecule has 0 aliphatic rings. The Balaban J connectivity index is 0.000000293. The molecule has 0 saturated carbocycles. The highest BCUT2D eigenvalue weighted by molar-refractivity contribution is 6.30. The van der Waals surface area contributed by atoms with Crippen LogP contribution in [0.1, 0.15) is 12.0 Å². The largest absolute Gasteiger partial charge is 0.481 e. The summed E-state index contributed by atoms with van der Waals surface area (Å²) in [5.41, 5.74) is 6.47. The van der Waals surface area contributed by atoms with E-state index in [4.69, 9.17) is 27.5 Å². The van der Waals surface area contributed by atoms with E-state index in [1.165, 1.54) is 0 Å². The topological polar surface area (TPSA) is 101 Å². The third-order valence-corrected chi connectivity index (χ3v) is 1.70. The Labute approximate surface area is 97.5 Å². The number of halogens is 1. The number of benzene rings is 1. The van der Waals surface area contributed by atoms with E-state index in [1.54, 1.807) is 0 Å². The maximum Gasteiger partial charge on any atom is 0.314 e. The highest BCUT2D eigenvalue weighted by Crippen LogP contribution is 2.08. The van der Waals surface area contributed by atoms with Gasteiger partial charge in [0.05, 0.1) is 0 Å². The van der Waals surface area contributed by atoms with E-state index in [1.807, 2.05) is 24.3 Å². The van der Waals surface area contributed by atoms with Crippen molar-refractivity contribution >= 4 is 23.5 Å². The third kappa shape index (κ3) is 7.78. The van der Waals surface area contributed by atoms with Crippen LogP contribution in [0.25, 0.3) is 0 Å². The van der Waals surface area contributed by atoms with Gasteiger partial charge in [-0.15, -0.1) is 0 Å². The molecule has 6 heteroatoms. The number of carbonyl (C=O) groups is 2. The third-order valence-electron chi connectivity index (χ3n) is 1.45. The molecule has 16 heavy (non-hydrogen) atoms. The lowest BCUT2D eigenvalue weighted by molar-refractivity contribution is -0.147. The van der Waals surface area contributed by atoms with E-state index in [0.717, 1.165) is 10.6 Å². The van der Waals surface area contributed by atoms with Gasteiger partial charge in [-0.1, -0.05) is 23.7 Å². The smallest absolute Gasteiger partial charge is 0.314 e. The van der Waals surface area contributed by atoms with Gasteiger partial charge in [-0.05, 0) is 17.7 Å². The summed E-state index contributed by atoms with van der Waals surface area (Å²) >= 11 is 5.63. The van der Waals surface area contributed by atoms with Gasteiger partial charge in [0.15, 0.2) is 0 Å². The zero-order valence-electron chi connectivity index (χ0n) is 8.39. The molecule has 4 N–H and O–H groups in total. The van der Waals surface area contributed by atoms with Crippen molar-refractivity contribution < 1.29 is 19.8 Å². The fourth-order valence-electron chi connectivity index (χ4n) is 0.750. The van der Waals surface area contributed by atoms with Crippen LogP contribution in [0, 0.1) is 0 Å². The second kappa shape index (κ2) is 7.67. The zero-order chi connectivity index (χ0) is 12.6. The number of nitrogens with two attached hydrogens (primary N) is 1. The van der Waals surface area contributed by atoms with Gasteiger partial charge in [-0.25, -0.2) is 0 Å². The lowest BCUT2D eigenvalue weighted by atomic mass is 10.2. The predicted molar refractivity (Wildman–Crippen MR) is 59.2 cm³/mol. The molecule has 0 unspecified atom stereocenters. The molecule has 1 rings (SSSR count). The molecule has 0 aliphatic heterocycles. The molecule has 0 radical (unpaired) electrons. The molecule has 88 valence electrons. The van der Waals surface area contributed by atoms with Crippen LogP contribution in [0.4, 0.5) is 0 Å². The fourth-order valence-corrected chi connectivity index (χ4v) is 0.876. The summed E-state index contributed by atoms with van der Waals surface area (Å²) in [5, 5.41) is 16.2. The first-order chi connectivity index (χ1) is 7.45. The van der Waals surface area contributed by atoms with Gasteiger partial charge in [0.25, 0.3) is 0 Å². The van der Waals surface area contributed by atoms with Gasteiger partial charge in [0.2, 0.25) is 0 Å². The van der Waals surface area contributed by atoms with Crippen LogP contribution in [0.2, 0.25) is 5.02 Å². The molecule has 5 nitrogen and oxygen atoms in total. The lowest BCUT2D eigenvalue weighted by Crippen LogP contribution is -2.03. The highest BCUT2D eigenvalue weighted by Gasteiger charge is 2.01. The molecule has 0 aromatic heterocycles. The van der Waals surface area contributed by atoms with Gasteiger partial charge in [0, 0.05) is 11.6 Å². The molecule has 0 aliphatic carbocycles. The predicted octanol–water partition coefficient (Wildman–Crippen LogP) is 1.34. The molecule has 1 aromatic carbocycles. The minimum Gasteiger partial charge on any atom is -0.481 e. The first-order valence-corrected chi connectivity index (χ1v) is 4.71. The van der Waals surface area contributed by atoms with Crippen molar-refractivity contribution in [1.82, 2.24) is 0 Å². The molecule has 0 bridgehead atoms. The van der Waals surface area contributed by atoms with Crippen molar-refractivity contribution in [2.24, 2.45) is 5.73 Å². The average Bonchev–Trinajstić information content (AvgIpc) is 2.17. The Morgan fingerprint density at radius 2 is 1.56 bits per heavy atom. The quantitative estimate of drug-likeness (QED) is 0.698. The Morgan fingerprint density at radius 3 is 1.81 bits per heavy atom. The molecular formula is C10H12ClNO4. The first-order valence-electron chi connectivity index (χ1n) is 4.33. The first kappa shape index (κ1) is 14.4. The number of carboxylic acids is 2. The van der Waals surface area contributed by atoms with E-state index in [0.29, 0.717) is 6.54 Å². The maximum absolute atomic E-state index is 9.43. The standard InChI is InChI=1S/C7H8ClN.C3H4O4/c8-7-3-1-6(5-9)2-4-7;4-2(5)1-3(6)7/h1-4H,5,9H2;1H2,(H,4,5)(H,6,7). The van der Waals surface area contributed by atoms with Gasteiger partial charge < -0.3 is 15.9 Å². The normalized spacial score (nSPS) is 8.88. The van der Waals surface area contributed by atoms with Crippen molar-refractivity contribution in [3.05, 3.63) is 34.9 Å². The van der Waals surface area contributed by atoms with Crippen molar-refractivity contribution in [2.45, 2.75) is 13.0 Å². The maximum atomic E-state index is 9.43. The molecule has 0 heterocycles. The van der Waals surface area contributed by atoms with E-state index >= 15 is 0 Å². The number of hydrogen-bond acceptors (Lipinski definition) is 3. The Hall–Kier alpha value is -1.59. The number of hydrogen-bond donors (Lipinski definition) is 3. The van der Waals surface area contributed by atoms with E-state index < -0.39 is 18.4 Å². The Kier molecular flexibility index (Phi) is 6.91. The second-order valence-corrected chi connectivity index (χ2v) is 3.23. The summed E-state index contributed by atoms with van der Waals surface area (Å²) in [7, 11) is 0. The molecule has 0 spiro atoms. The van der Waals surface area contributed by atoms with Crippen LogP contribution >= 0.6 is 11.6 Å². The van der Waals surface area contributed by atoms with Crippen LogP contribution in [-0.4, -0.2) is 22.2 Å². The average molecular weight is 246 g/mol. The minimum absolute atomic E-state index is 0.581. The van der Waals surface area contributed by atoms with E-state index in [2.05, 4.69) is 0 Å². The fraction of sp³-hybridized carbons (Fsp3) is 0.200. The zero-order valence-corrected chi connectivity index (χ0v) is 9.15. The molecule has 0 saturated heterocycles. The highest BCUT2D eigenvalue weighted by atomic mass is 35.5. The Morgan fingerprint density at radius 1 is 1.12 bits per heavy atom. The van der Waals surface area contributed by atoms with Gasteiger partial charge in [0.1, 0.15) is 6.42 Å². The minimum atomic E-state index is -1.31. The van der Waals surface area contributed by atoms with Crippen LogP contribution in [0.3, 0.4) is 0 Å². The van der Waals surface area contributed by atoms with E-state index in [-0.39, 0.29) is 0 Å². The summed E-state index contributed by atoms with van der Waals surface area (Å²) < 4.78 is 0. The molecule has 0 fully saturated rings. The van der Waals surface area contributed by atoms with E-state index in [9.17, 15) is 9.59 Å².